The molecule has 1 N–H and O–H groups in total. The van der Waals surface area contributed by atoms with Gasteiger partial charge in [0.1, 0.15) is 0 Å². The number of carbonyl (C=O) groups excluding carboxylic acids is 2. The number of aromatic nitrogens is 1. The second kappa shape index (κ2) is 7.13. The highest BCUT2D eigenvalue weighted by atomic mass is 32.2. The Labute approximate surface area is 132 Å². The lowest BCUT2D eigenvalue weighted by molar-refractivity contribution is -0.113. The second-order valence-electron chi connectivity index (χ2n) is 4.55. The molecule has 1 amide bonds. The Morgan fingerprint density at radius 2 is 2.05 bits per heavy atom. The number of amides is 1. The minimum absolute atomic E-state index is 0.146. The van der Waals surface area contributed by atoms with Gasteiger partial charge >= 0.3 is 5.97 Å². The van der Waals surface area contributed by atoms with Crippen LogP contribution in [0.5, 0.6) is 0 Å². The number of anilines is 1. The van der Waals surface area contributed by atoms with Gasteiger partial charge in [-0.2, -0.15) is 0 Å². The highest BCUT2D eigenvalue weighted by Gasteiger charge is 2.15. The van der Waals surface area contributed by atoms with Crippen LogP contribution < -0.4 is 5.32 Å². The van der Waals surface area contributed by atoms with Crippen LogP contribution in [0.15, 0.2) is 33.7 Å². The van der Waals surface area contributed by atoms with Crippen molar-refractivity contribution >= 4 is 29.5 Å². The van der Waals surface area contributed by atoms with E-state index in [1.807, 2.05) is 6.92 Å². The number of esters is 1. The number of nitrogens with zero attached hydrogens (tertiary/aromatic N) is 1. The van der Waals surface area contributed by atoms with E-state index in [-0.39, 0.29) is 11.7 Å². The van der Waals surface area contributed by atoms with Gasteiger partial charge in [-0.1, -0.05) is 17.3 Å². The van der Waals surface area contributed by atoms with Gasteiger partial charge in [-0.05, 0) is 26.0 Å². The highest BCUT2D eigenvalue weighted by molar-refractivity contribution is 8.00. The summed E-state index contributed by atoms with van der Waals surface area (Å²) < 4.78 is 9.75. The SMILES string of the molecule is COC(=O)c1ccccc1SCC(=O)Nc1onc(C)c1C. The molecule has 1 heterocycles. The van der Waals surface area contributed by atoms with Gasteiger partial charge in [0.2, 0.25) is 11.8 Å². The molecule has 22 heavy (non-hydrogen) atoms. The van der Waals surface area contributed by atoms with E-state index < -0.39 is 5.97 Å². The Morgan fingerprint density at radius 1 is 1.32 bits per heavy atom. The third-order valence-electron chi connectivity index (χ3n) is 3.06. The Kier molecular flexibility index (Phi) is 5.21. The fourth-order valence-electron chi connectivity index (χ4n) is 1.71. The van der Waals surface area contributed by atoms with Gasteiger partial charge in [0.15, 0.2) is 0 Å². The van der Waals surface area contributed by atoms with E-state index in [0.717, 1.165) is 11.3 Å². The van der Waals surface area contributed by atoms with Gasteiger partial charge in [-0.25, -0.2) is 4.79 Å². The van der Waals surface area contributed by atoms with Gasteiger partial charge in [0.25, 0.3) is 0 Å². The largest absolute Gasteiger partial charge is 0.465 e. The zero-order valence-electron chi connectivity index (χ0n) is 12.5. The molecule has 1 aromatic carbocycles. The van der Waals surface area contributed by atoms with E-state index >= 15 is 0 Å². The molecule has 116 valence electrons. The van der Waals surface area contributed by atoms with E-state index in [9.17, 15) is 9.59 Å². The minimum atomic E-state index is -0.426. The quantitative estimate of drug-likeness (QED) is 0.674. The number of thioether (sulfide) groups is 1. The third kappa shape index (κ3) is 3.67. The lowest BCUT2D eigenvalue weighted by Crippen LogP contribution is -2.14. The number of aryl methyl sites for hydroxylation is 1. The average Bonchev–Trinajstić information content (AvgIpc) is 2.84. The molecule has 0 radical (unpaired) electrons. The van der Waals surface area contributed by atoms with Crippen LogP contribution in [0.25, 0.3) is 0 Å². The van der Waals surface area contributed by atoms with E-state index in [2.05, 4.69) is 10.5 Å². The number of hydrogen-bond donors (Lipinski definition) is 1. The monoisotopic (exact) mass is 320 g/mol. The maximum absolute atomic E-state index is 12.0. The van der Waals surface area contributed by atoms with E-state index in [1.165, 1.54) is 18.9 Å². The van der Waals surface area contributed by atoms with Crippen molar-refractivity contribution in [2.24, 2.45) is 0 Å². The summed E-state index contributed by atoms with van der Waals surface area (Å²) in [5.74, 6) is -0.161. The lowest BCUT2D eigenvalue weighted by Gasteiger charge is -2.07. The van der Waals surface area contributed by atoms with E-state index in [4.69, 9.17) is 9.26 Å². The number of rotatable bonds is 5. The molecule has 0 saturated carbocycles. The molecule has 0 unspecified atom stereocenters. The smallest absolute Gasteiger partial charge is 0.338 e. The molecule has 2 aromatic rings. The summed E-state index contributed by atoms with van der Waals surface area (Å²) in [5, 5.41) is 6.44. The predicted octanol–water partition coefficient (Wildman–Crippen LogP) is 2.81. The summed E-state index contributed by atoms with van der Waals surface area (Å²) in [6.45, 7) is 3.62. The van der Waals surface area contributed by atoms with Crippen LogP contribution in [0.3, 0.4) is 0 Å². The van der Waals surface area contributed by atoms with Crippen LogP contribution in [0, 0.1) is 13.8 Å². The Morgan fingerprint density at radius 3 is 2.68 bits per heavy atom. The summed E-state index contributed by atoms with van der Waals surface area (Å²) in [6.07, 6.45) is 0. The Balaban J connectivity index is 2.00. The minimum Gasteiger partial charge on any atom is -0.465 e. The molecule has 0 bridgehead atoms. The van der Waals surface area contributed by atoms with Crippen LogP contribution >= 0.6 is 11.8 Å². The molecule has 0 spiro atoms. The second-order valence-corrected chi connectivity index (χ2v) is 5.56. The topological polar surface area (TPSA) is 81.4 Å². The molecule has 0 aliphatic rings. The van der Waals surface area contributed by atoms with Crippen molar-refractivity contribution < 1.29 is 18.8 Å². The number of nitrogens with one attached hydrogen (secondary N) is 1. The van der Waals surface area contributed by atoms with Crippen molar-refractivity contribution in [2.45, 2.75) is 18.7 Å². The third-order valence-corrected chi connectivity index (χ3v) is 4.13. The van der Waals surface area contributed by atoms with Crippen molar-refractivity contribution in [3.8, 4) is 0 Å². The van der Waals surface area contributed by atoms with Crippen LogP contribution in [-0.2, 0) is 9.53 Å². The number of ether oxygens (including phenoxy) is 1. The van der Waals surface area contributed by atoms with Crippen molar-refractivity contribution in [3.05, 3.63) is 41.1 Å². The number of methoxy groups -OCH3 is 1. The first-order chi connectivity index (χ1) is 10.5. The van der Waals surface area contributed by atoms with Gasteiger partial charge in [0.05, 0.1) is 24.1 Å². The molecule has 2 rings (SSSR count). The van der Waals surface area contributed by atoms with Crippen LogP contribution in [0.1, 0.15) is 21.6 Å². The molecule has 0 saturated heterocycles. The molecule has 6 nitrogen and oxygen atoms in total. The van der Waals surface area contributed by atoms with Crippen molar-refractivity contribution in [1.29, 1.82) is 0 Å². The Hall–Kier alpha value is -2.28. The number of carbonyl (C=O) groups is 2. The summed E-state index contributed by atoms with van der Waals surface area (Å²) in [4.78, 5) is 24.3. The standard InChI is InChI=1S/C15H16N2O4S/c1-9-10(2)17-21-14(9)16-13(18)8-22-12-7-5-4-6-11(12)15(19)20-3/h4-7H,8H2,1-3H3,(H,16,18). The first kappa shape index (κ1) is 16.1. The maximum Gasteiger partial charge on any atom is 0.338 e. The first-order valence-corrected chi connectivity index (χ1v) is 7.54. The summed E-state index contributed by atoms with van der Waals surface area (Å²) in [5.41, 5.74) is 1.97. The summed E-state index contributed by atoms with van der Waals surface area (Å²) in [7, 11) is 1.32. The van der Waals surface area contributed by atoms with E-state index in [1.54, 1.807) is 31.2 Å². The molecule has 0 aliphatic carbocycles. The highest BCUT2D eigenvalue weighted by Crippen LogP contribution is 2.24. The lowest BCUT2D eigenvalue weighted by atomic mass is 10.2. The predicted molar refractivity (Wildman–Crippen MR) is 83.1 cm³/mol. The molecule has 0 atom stereocenters. The van der Waals surface area contributed by atoms with Crippen molar-refractivity contribution in [3.63, 3.8) is 0 Å². The van der Waals surface area contributed by atoms with Crippen LogP contribution in [0.2, 0.25) is 0 Å². The fourth-order valence-corrected chi connectivity index (χ4v) is 2.55. The van der Waals surface area contributed by atoms with Gasteiger partial charge < -0.3 is 9.26 Å². The first-order valence-electron chi connectivity index (χ1n) is 6.55. The van der Waals surface area contributed by atoms with Crippen molar-refractivity contribution in [1.82, 2.24) is 5.16 Å². The molecular weight excluding hydrogens is 304 g/mol. The molecular formula is C15H16N2O4S. The van der Waals surface area contributed by atoms with Crippen LogP contribution in [0.4, 0.5) is 5.88 Å². The molecule has 1 aromatic heterocycles. The average molecular weight is 320 g/mol. The van der Waals surface area contributed by atoms with E-state index in [0.29, 0.717) is 16.3 Å². The summed E-state index contributed by atoms with van der Waals surface area (Å²) >= 11 is 1.26. The van der Waals surface area contributed by atoms with Gasteiger partial charge in [-0.3, -0.25) is 10.1 Å². The molecule has 0 aliphatic heterocycles. The number of benzene rings is 1. The molecule has 0 fully saturated rings. The van der Waals surface area contributed by atoms with Crippen LogP contribution in [-0.4, -0.2) is 29.9 Å². The van der Waals surface area contributed by atoms with Gasteiger partial charge in [-0.15, -0.1) is 11.8 Å². The zero-order valence-corrected chi connectivity index (χ0v) is 13.3. The van der Waals surface area contributed by atoms with Crippen molar-refractivity contribution in [2.75, 3.05) is 18.2 Å². The fraction of sp³-hybridized carbons (Fsp3) is 0.267. The summed E-state index contributed by atoms with van der Waals surface area (Å²) in [6, 6.07) is 6.98. The number of hydrogen-bond acceptors (Lipinski definition) is 6. The van der Waals surface area contributed by atoms with Gasteiger partial charge in [0, 0.05) is 10.5 Å². The normalized spacial score (nSPS) is 10.3. The molecule has 7 heteroatoms. The Bertz CT molecular complexity index is 697. The maximum atomic E-state index is 12.0. The zero-order chi connectivity index (χ0) is 16.1.